The number of esters is 1. The van der Waals surface area contributed by atoms with Gasteiger partial charge in [-0.2, -0.15) is 0 Å². The molecular weight excluding hydrogens is 257 g/mol. The van der Waals surface area contributed by atoms with Gasteiger partial charge >= 0.3 is 5.97 Å². The molecule has 2 rings (SSSR count). The Hall–Kier alpha value is -2.80. The summed E-state index contributed by atoms with van der Waals surface area (Å²) in [5, 5.41) is 0. The number of carbonyl (C=O) groups is 1. The summed E-state index contributed by atoms with van der Waals surface area (Å²) in [6, 6.07) is 10.6. The van der Waals surface area contributed by atoms with E-state index in [-0.39, 0.29) is 5.82 Å². The van der Waals surface area contributed by atoms with E-state index in [9.17, 15) is 9.18 Å². The minimum Gasteiger partial charge on any atom is -0.465 e. The predicted octanol–water partition coefficient (Wildman–Crippen LogP) is 2.59. The van der Waals surface area contributed by atoms with Crippen molar-refractivity contribution >= 4 is 11.7 Å². The first kappa shape index (κ1) is 13.6. The van der Waals surface area contributed by atoms with Gasteiger partial charge < -0.3 is 10.5 Å². The molecule has 0 radical (unpaired) electrons. The number of methoxy groups -OCH3 is 1. The Labute approximate surface area is 116 Å². The fourth-order valence-electron chi connectivity index (χ4n) is 1.62. The van der Waals surface area contributed by atoms with Gasteiger partial charge in [0, 0.05) is 16.8 Å². The number of hydrogen-bond donors (Lipinski definition) is 1. The number of nitrogens with two attached hydrogens (primary N) is 1. The minimum atomic E-state index is -0.459. The van der Waals surface area contributed by atoms with Crippen LogP contribution in [-0.2, 0) is 4.74 Å². The van der Waals surface area contributed by atoms with Crippen LogP contribution in [0.25, 0.3) is 0 Å². The van der Waals surface area contributed by atoms with Crippen LogP contribution in [0.5, 0.6) is 0 Å². The third-order valence-electron chi connectivity index (χ3n) is 2.64. The minimum absolute atomic E-state index is 0.354. The molecule has 0 unspecified atom stereocenters. The van der Waals surface area contributed by atoms with E-state index in [0.717, 1.165) is 0 Å². The second kappa shape index (κ2) is 5.89. The monoisotopic (exact) mass is 269 g/mol. The lowest BCUT2D eigenvalue weighted by Gasteiger charge is -2.02. The number of ether oxygens (including phenoxy) is 1. The molecule has 0 aliphatic carbocycles. The second-order valence-corrected chi connectivity index (χ2v) is 4.05. The van der Waals surface area contributed by atoms with E-state index in [0.29, 0.717) is 22.4 Å². The molecule has 0 heterocycles. The maximum absolute atomic E-state index is 13.0. The lowest BCUT2D eigenvalue weighted by Crippen LogP contribution is -2.02. The van der Waals surface area contributed by atoms with Gasteiger partial charge in [-0.05, 0) is 36.4 Å². The molecule has 2 aromatic rings. The molecule has 0 amide bonds. The van der Waals surface area contributed by atoms with E-state index >= 15 is 0 Å². The molecule has 2 N–H and O–H groups in total. The molecule has 100 valence electrons. The molecule has 0 saturated carbocycles. The van der Waals surface area contributed by atoms with Crippen LogP contribution in [0, 0.1) is 17.7 Å². The highest BCUT2D eigenvalue weighted by Gasteiger charge is 2.07. The third kappa shape index (κ3) is 3.15. The summed E-state index contributed by atoms with van der Waals surface area (Å²) in [7, 11) is 1.30. The molecule has 0 aliphatic rings. The summed E-state index contributed by atoms with van der Waals surface area (Å²) in [6.45, 7) is 0. The number of rotatable bonds is 1. The summed E-state index contributed by atoms with van der Waals surface area (Å²) >= 11 is 0. The van der Waals surface area contributed by atoms with Gasteiger partial charge in [-0.25, -0.2) is 9.18 Å². The van der Waals surface area contributed by atoms with Crippen LogP contribution in [0.4, 0.5) is 10.1 Å². The number of anilines is 1. The smallest absolute Gasteiger partial charge is 0.337 e. The van der Waals surface area contributed by atoms with E-state index < -0.39 is 5.97 Å². The topological polar surface area (TPSA) is 52.3 Å². The highest BCUT2D eigenvalue weighted by Crippen LogP contribution is 2.14. The van der Waals surface area contributed by atoms with Crippen molar-refractivity contribution in [2.45, 2.75) is 0 Å². The standard InChI is InChI=1S/C16H12FNO2/c1-20-16(19)13-7-8-15(18)12(10-13)6-5-11-3-2-4-14(17)9-11/h2-4,7-10H,18H2,1H3. The average Bonchev–Trinajstić information content (AvgIpc) is 2.45. The Morgan fingerprint density at radius 1 is 1.20 bits per heavy atom. The molecule has 2 aromatic carbocycles. The van der Waals surface area contributed by atoms with Crippen LogP contribution in [0.2, 0.25) is 0 Å². The molecule has 0 saturated heterocycles. The Balaban J connectivity index is 2.36. The quantitative estimate of drug-likeness (QED) is 0.492. The molecule has 4 heteroatoms. The molecular formula is C16H12FNO2. The zero-order valence-corrected chi connectivity index (χ0v) is 10.8. The molecule has 0 bridgehead atoms. The lowest BCUT2D eigenvalue weighted by atomic mass is 10.1. The van der Waals surface area contributed by atoms with Gasteiger partial charge in [0.25, 0.3) is 0 Å². The number of benzene rings is 2. The maximum atomic E-state index is 13.0. The highest BCUT2D eigenvalue weighted by molar-refractivity contribution is 5.90. The Morgan fingerprint density at radius 3 is 2.70 bits per heavy atom. The van der Waals surface area contributed by atoms with Gasteiger partial charge in [0.1, 0.15) is 5.82 Å². The summed E-state index contributed by atoms with van der Waals surface area (Å²) in [6.07, 6.45) is 0. The van der Waals surface area contributed by atoms with Crippen molar-refractivity contribution in [3.8, 4) is 11.8 Å². The van der Waals surface area contributed by atoms with Crippen LogP contribution in [0.3, 0.4) is 0 Å². The summed E-state index contributed by atoms with van der Waals surface area (Å²) < 4.78 is 17.7. The second-order valence-electron chi connectivity index (χ2n) is 4.05. The molecule has 20 heavy (non-hydrogen) atoms. The first-order valence-corrected chi connectivity index (χ1v) is 5.85. The molecule has 0 atom stereocenters. The van der Waals surface area contributed by atoms with Crippen LogP contribution >= 0.6 is 0 Å². The summed E-state index contributed by atoms with van der Waals surface area (Å²) in [5.41, 5.74) is 7.64. The van der Waals surface area contributed by atoms with Crippen LogP contribution in [0.15, 0.2) is 42.5 Å². The van der Waals surface area contributed by atoms with E-state index in [2.05, 4.69) is 16.6 Å². The fraction of sp³-hybridized carbons (Fsp3) is 0.0625. The normalized spacial score (nSPS) is 9.50. The van der Waals surface area contributed by atoms with E-state index in [1.165, 1.54) is 19.2 Å². The molecule has 0 aromatic heterocycles. The van der Waals surface area contributed by atoms with E-state index in [4.69, 9.17) is 5.73 Å². The number of nitrogen functional groups attached to an aromatic ring is 1. The van der Waals surface area contributed by atoms with Crippen molar-refractivity contribution in [2.75, 3.05) is 12.8 Å². The lowest BCUT2D eigenvalue weighted by molar-refractivity contribution is 0.0600. The van der Waals surface area contributed by atoms with Crippen molar-refractivity contribution in [1.82, 2.24) is 0 Å². The Kier molecular flexibility index (Phi) is 4.02. The van der Waals surface area contributed by atoms with Crippen LogP contribution in [-0.4, -0.2) is 13.1 Å². The molecule has 0 spiro atoms. The zero-order chi connectivity index (χ0) is 14.5. The van der Waals surface area contributed by atoms with E-state index in [1.807, 2.05) is 0 Å². The first-order chi connectivity index (χ1) is 9.60. The van der Waals surface area contributed by atoms with Gasteiger partial charge in [0.15, 0.2) is 0 Å². The van der Waals surface area contributed by atoms with Gasteiger partial charge in [0.05, 0.1) is 12.7 Å². The summed E-state index contributed by atoms with van der Waals surface area (Å²) in [5.74, 6) is 4.82. The van der Waals surface area contributed by atoms with Crippen molar-refractivity contribution in [1.29, 1.82) is 0 Å². The zero-order valence-electron chi connectivity index (χ0n) is 10.8. The van der Waals surface area contributed by atoms with Crippen molar-refractivity contribution in [3.05, 3.63) is 65.0 Å². The Morgan fingerprint density at radius 2 is 2.00 bits per heavy atom. The van der Waals surface area contributed by atoms with Crippen molar-refractivity contribution in [3.63, 3.8) is 0 Å². The highest BCUT2D eigenvalue weighted by atomic mass is 19.1. The number of hydrogen-bond acceptors (Lipinski definition) is 3. The van der Waals surface area contributed by atoms with Crippen LogP contribution in [0.1, 0.15) is 21.5 Å². The van der Waals surface area contributed by atoms with Gasteiger partial charge in [-0.3, -0.25) is 0 Å². The third-order valence-corrected chi connectivity index (χ3v) is 2.64. The molecule has 3 nitrogen and oxygen atoms in total. The molecule has 0 aliphatic heterocycles. The van der Waals surface area contributed by atoms with Crippen molar-refractivity contribution in [2.24, 2.45) is 0 Å². The molecule has 0 fully saturated rings. The number of halogens is 1. The SMILES string of the molecule is COC(=O)c1ccc(N)c(C#Cc2cccc(F)c2)c1. The van der Waals surface area contributed by atoms with Gasteiger partial charge in [0.2, 0.25) is 0 Å². The van der Waals surface area contributed by atoms with Gasteiger partial charge in [-0.1, -0.05) is 17.9 Å². The van der Waals surface area contributed by atoms with Crippen LogP contribution < -0.4 is 5.73 Å². The Bertz CT molecular complexity index is 714. The van der Waals surface area contributed by atoms with Gasteiger partial charge in [-0.15, -0.1) is 0 Å². The summed E-state index contributed by atoms with van der Waals surface area (Å²) in [4.78, 5) is 11.4. The largest absolute Gasteiger partial charge is 0.465 e. The maximum Gasteiger partial charge on any atom is 0.337 e. The first-order valence-electron chi connectivity index (χ1n) is 5.85. The van der Waals surface area contributed by atoms with E-state index in [1.54, 1.807) is 30.3 Å². The van der Waals surface area contributed by atoms with Crippen molar-refractivity contribution < 1.29 is 13.9 Å². The fourth-order valence-corrected chi connectivity index (χ4v) is 1.62. The number of carbonyl (C=O) groups excluding carboxylic acids is 1. The average molecular weight is 269 g/mol. The predicted molar refractivity (Wildman–Crippen MR) is 74.6 cm³/mol.